The predicted octanol–water partition coefficient (Wildman–Crippen LogP) is 4.28. The summed E-state index contributed by atoms with van der Waals surface area (Å²) in [6.07, 6.45) is 1.56. The molecule has 0 saturated carbocycles. The monoisotopic (exact) mass is 430 g/mol. The lowest BCUT2D eigenvalue weighted by Crippen LogP contribution is -2.30. The fourth-order valence-corrected chi connectivity index (χ4v) is 4.52. The van der Waals surface area contributed by atoms with Gasteiger partial charge in [0.1, 0.15) is 17.5 Å². The van der Waals surface area contributed by atoms with Crippen LogP contribution in [0.25, 0.3) is 0 Å². The largest absolute Gasteiger partial charge is 0.444 e. The van der Waals surface area contributed by atoms with Gasteiger partial charge in [-0.05, 0) is 45.0 Å². The van der Waals surface area contributed by atoms with E-state index in [0.717, 1.165) is 6.07 Å². The number of sulfonamides is 1. The predicted molar refractivity (Wildman–Crippen MR) is 113 cm³/mol. The van der Waals surface area contributed by atoms with Crippen molar-refractivity contribution in [3.8, 4) is 0 Å². The standard InChI is InChI=1S/C20H22N4O5S/c1-4-23(16-8-6-5-7-9-16)30(27,28)17-10-11-18(19(12-17)24(25)26)22-15(3)20-21-13-14(2)29-20/h5-13,15,22H,4H2,1-3H3. The molecule has 3 rings (SSSR count). The number of benzene rings is 2. The van der Waals surface area contributed by atoms with Crippen LogP contribution in [0.4, 0.5) is 17.1 Å². The van der Waals surface area contributed by atoms with Gasteiger partial charge < -0.3 is 9.73 Å². The molecule has 1 N–H and O–H groups in total. The summed E-state index contributed by atoms with van der Waals surface area (Å²) in [6, 6.07) is 11.9. The quantitative estimate of drug-likeness (QED) is 0.418. The molecule has 1 heterocycles. The Morgan fingerprint density at radius 3 is 2.50 bits per heavy atom. The Morgan fingerprint density at radius 1 is 1.23 bits per heavy atom. The van der Waals surface area contributed by atoms with Gasteiger partial charge in [0.15, 0.2) is 0 Å². The van der Waals surface area contributed by atoms with Crippen molar-refractivity contribution in [3.63, 3.8) is 0 Å². The van der Waals surface area contributed by atoms with Crippen LogP contribution >= 0.6 is 0 Å². The van der Waals surface area contributed by atoms with Crippen LogP contribution in [-0.4, -0.2) is 24.9 Å². The molecule has 0 bridgehead atoms. The van der Waals surface area contributed by atoms with Gasteiger partial charge >= 0.3 is 0 Å². The van der Waals surface area contributed by atoms with E-state index in [-0.39, 0.29) is 22.8 Å². The maximum Gasteiger partial charge on any atom is 0.293 e. The Kier molecular flexibility index (Phi) is 6.06. The summed E-state index contributed by atoms with van der Waals surface area (Å²) in [5.41, 5.74) is 0.304. The Bertz CT molecular complexity index is 1150. The molecule has 0 radical (unpaired) electrons. The first kappa shape index (κ1) is 21.3. The lowest BCUT2D eigenvalue weighted by molar-refractivity contribution is -0.384. The molecule has 1 aromatic heterocycles. The van der Waals surface area contributed by atoms with E-state index in [4.69, 9.17) is 4.42 Å². The number of oxazole rings is 1. The third-order valence-electron chi connectivity index (χ3n) is 4.47. The molecule has 1 unspecified atom stereocenters. The van der Waals surface area contributed by atoms with Gasteiger partial charge in [0, 0.05) is 12.6 Å². The number of anilines is 2. The highest BCUT2D eigenvalue weighted by Gasteiger charge is 2.27. The van der Waals surface area contributed by atoms with Crippen LogP contribution in [0.3, 0.4) is 0 Å². The smallest absolute Gasteiger partial charge is 0.293 e. The number of nitrogens with one attached hydrogen (secondary N) is 1. The lowest BCUT2D eigenvalue weighted by atomic mass is 10.2. The van der Waals surface area contributed by atoms with Crippen molar-refractivity contribution >= 4 is 27.1 Å². The molecule has 3 aromatic rings. The van der Waals surface area contributed by atoms with E-state index in [1.165, 1.54) is 16.4 Å². The van der Waals surface area contributed by atoms with Crippen LogP contribution in [0.15, 0.2) is 64.0 Å². The minimum atomic E-state index is -3.98. The first-order chi connectivity index (χ1) is 14.2. The molecule has 0 amide bonds. The lowest BCUT2D eigenvalue weighted by Gasteiger charge is -2.23. The molecule has 158 valence electrons. The maximum absolute atomic E-state index is 13.2. The number of para-hydroxylation sites is 1. The van der Waals surface area contributed by atoms with E-state index >= 15 is 0 Å². The summed E-state index contributed by atoms with van der Waals surface area (Å²) in [5.74, 6) is 0.995. The number of hydrogen-bond acceptors (Lipinski definition) is 7. The summed E-state index contributed by atoms with van der Waals surface area (Å²) in [6.45, 7) is 5.38. The molecule has 2 aromatic carbocycles. The van der Waals surface area contributed by atoms with Gasteiger partial charge in [-0.1, -0.05) is 18.2 Å². The molecule has 0 saturated heterocycles. The molecule has 0 fully saturated rings. The minimum Gasteiger partial charge on any atom is -0.444 e. The maximum atomic E-state index is 13.2. The number of nitro groups is 1. The molecule has 1 atom stereocenters. The molecule has 10 heteroatoms. The highest BCUT2D eigenvalue weighted by atomic mass is 32.2. The summed E-state index contributed by atoms with van der Waals surface area (Å²) < 4.78 is 33.0. The van der Waals surface area contributed by atoms with Crippen molar-refractivity contribution in [2.24, 2.45) is 0 Å². The molecule has 0 aliphatic rings. The van der Waals surface area contributed by atoms with Gasteiger partial charge in [0.25, 0.3) is 15.7 Å². The van der Waals surface area contributed by atoms with E-state index < -0.39 is 21.0 Å². The molecule has 0 aliphatic heterocycles. The van der Waals surface area contributed by atoms with E-state index in [1.54, 1.807) is 57.3 Å². The molecular formula is C20H22N4O5S. The third-order valence-corrected chi connectivity index (χ3v) is 6.37. The number of aryl methyl sites for hydroxylation is 1. The average molecular weight is 430 g/mol. The summed E-state index contributed by atoms with van der Waals surface area (Å²) >= 11 is 0. The van der Waals surface area contributed by atoms with Crippen LogP contribution in [0.5, 0.6) is 0 Å². The van der Waals surface area contributed by atoms with Crippen molar-refractivity contribution in [2.75, 3.05) is 16.2 Å². The van der Waals surface area contributed by atoms with Gasteiger partial charge in [-0.25, -0.2) is 13.4 Å². The van der Waals surface area contributed by atoms with Crippen molar-refractivity contribution in [1.82, 2.24) is 4.98 Å². The number of nitrogens with zero attached hydrogens (tertiary/aromatic N) is 3. The van der Waals surface area contributed by atoms with E-state index in [1.807, 2.05) is 0 Å². The highest BCUT2D eigenvalue weighted by Crippen LogP contribution is 2.32. The van der Waals surface area contributed by atoms with Crippen LogP contribution in [-0.2, 0) is 10.0 Å². The van der Waals surface area contributed by atoms with Crippen LogP contribution in [0.1, 0.15) is 31.5 Å². The molecular weight excluding hydrogens is 408 g/mol. The third kappa shape index (κ3) is 4.28. The van der Waals surface area contributed by atoms with Gasteiger partial charge in [0.2, 0.25) is 5.89 Å². The molecule has 30 heavy (non-hydrogen) atoms. The van der Waals surface area contributed by atoms with Gasteiger partial charge in [0.05, 0.1) is 21.7 Å². The first-order valence-electron chi connectivity index (χ1n) is 9.29. The fraction of sp³-hybridized carbons (Fsp3) is 0.250. The summed E-state index contributed by atoms with van der Waals surface area (Å²) in [4.78, 5) is 15.0. The zero-order chi connectivity index (χ0) is 21.9. The molecule has 0 aliphatic carbocycles. The summed E-state index contributed by atoms with van der Waals surface area (Å²) in [7, 11) is -3.98. The summed E-state index contributed by atoms with van der Waals surface area (Å²) in [5, 5.41) is 14.6. The zero-order valence-corrected chi connectivity index (χ0v) is 17.6. The average Bonchev–Trinajstić information content (AvgIpc) is 3.15. The normalized spacial score (nSPS) is 12.4. The molecule has 9 nitrogen and oxygen atoms in total. The van der Waals surface area contributed by atoms with Gasteiger partial charge in [-0.15, -0.1) is 0 Å². The Labute approximate surface area is 174 Å². The zero-order valence-electron chi connectivity index (χ0n) is 16.8. The Hall–Kier alpha value is -3.40. The first-order valence-corrected chi connectivity index (χ1v) is 10.7. The van der Waals surface area contributed by atoms with E-state index in [0.29, 0.717) is 17.3 Å². The number of hydrogen-bond donors (Lipinski definition) is 1. The van der Waals surface area contributed by atoms with E-state index in [2.05, 4.69) is 10.3 Å². The second kappa shape index (κ2) is 8.54. The van der Waals surface area contributed by atoms with Gasteiger partial charge in [-0.2, -0.15) is 0 Å². The van der Waals surface area contributed by atoms with Crippen molar-refractivity contribution in [3.05, 3.63) is 76.5 Å². The topological polar surface area (TPSA) is 119 Å². The molecule has 0 spiro atoms. The minimum absolute atomic E-state index is 0.162. The Balaban J connectivity index is 1.97. The van der Waals surface area contributed by atoms with Crippen LogP contribution in [0.2, 0.25) is 0 Å². The Morgan fingerprint density at radius 2 is 1.93 bits per heavy atom. The number of aromatic nitrogens is 1. The number of nitro benzene ring substituents is 1. The SMILES string of the molecule is CCN(c1ccccc1)S(=O)(=O)c1ccc(NC(C)c2ncc(C)o2)c([N+](=O)[O-])c1. The fourth-order valence-electron chi connectivity index (χ4n) is 3.03. The highest BCUT2D eigenvalue weighted by molar-refractivity contribution is 7.92. The van der Waals surface area contributed by atoms with Crippen LogP contribution in [0, 0.1) is 17.0 Å². The van der Waals surface area contributed by atoms with Crippen molar-refractivity contribution in [2.45, 2.75) is 31.7 Å². The van der Waals surface area contributed by atoms with Gasteiger partial charge in [-0.3, -0.25) is 14.4 Å². The number of rotatable bonds is 8. The van der Waals surface area contributed by atoms with E-state index in [9.17, 15) is 18.5 Å². The second-order valence-corrected chi connectivity index (χ2v) is 8.48. The second-order valence-electron chi connectivity index (χ2n) is 6.62. The van der Waals surface area contributed by atoms with Crippen molar-refractivity contribution in [1.29, 1.82) is 0 Å². The van der Waals surface area contributed by atoms with Crippen LogP contribution < -0.4 is 9.62 Å². The van der Waals surface area contributed by atoms with Crippen molar-refractivity contribution < 1.29 is 17.8 Å².